The van der Waals surface area contributed by atoms with Gasteiger partial charge in [0.1, 0.15) is 5.82 Å². The van der Waals surface area contributed by atoms with Crippen LogP contribution in [0.25, 0.3) is 0 Å². The van der Waals surface area contributed by atoms with E-state index in [0.29, 0.717) is 5.82 Å². The van der Waals surface area contributed by atoms with Crippen molar-refractivity contribution in [2.24, 2.45) is 0 Å². The number of aliphatic hydroxyl groups is 1. The highest BCUT2D eigenvalue weighted by atomic mass is 16.3. The van der Waals surface area contributed by atoms with Gasteiger partial charge in [-0.15, -0.1) is 0 Å². The molecule has 0 amide bonds. The molecule has 0 bridgehead atoms. The lowest BCUT2D eigenvalue weighted by Gasteiger charge is -2.27. The molecular weight excluding hydrogens is 274 g/mol. The zero-order valence-corrected chi connectivity index (χ0v) is 14.0. The molecule has 0 atom stereocenters. The summed E-state index contributed by atoms with van der Waals surface area (Å²) in [4.78, 5) is 8.33. The van der Waals surface area contributed by atoms with E-state index >= 15 is 0 Å². The third-order valence-corrected chi connectivity index (χ3v) is 3.81. The van der Waals surface area contributed by atoms with Crippen molar-refractivity contribution >= 4 is 11.5 Å². The van der Waals surface area contributed by atoms with Gasteiger partial charge >= 0.3 is 0 Å². The molecule has 2 aromatic rings. The number of anilines is 2. The number of nitrogens with zero attached hydrogens (tertiary/aromatic N) is 2. The van der Waals surface area contributed by atoms with Crippen LogP contribution in [0, 0.1) is 0 Å². The Morgan fingerprint density at radius 3 is 2.23 bits per heavy atom. The molecule has 0 unspecified atom stereocenters. The molecule has 2 rings (SSSR count). The quantitative estimate of drug-likeness (QED) is 0.902. The topological polar surface area (TPSA) is 58.0 Å². The Bertz CT molecular complexity index is 631. The number of rotatable bonds is 4. The Labute approximate surface area is 132 Å². The van der Waals surface area contributed by atoms with Crippen LogP contribution < -0.4 is 5.32 Å². The SMILES string of the molecule is CC(C)(C)c1cc(Nc2cnccn2)cc(C(C)(C)CO)c1. The second-order valence-electron chi connectivity index (χ2n) is 7.31. The van der Waals surface area contributed by atoms with E-state index in [1.807, 2.05) is 13.8 Å². The first kappa shape index (κ1) is 16.4. The van der Waals surface area contributed by atoms with E-state index in [1.165, 1.54) is 5.56 Å². The van der Waals surface area contributed by atoms with E-state index in [0.717, 1.165) is 11.3 Å². The average molecular weight is 299 g/mol. The number of aliphatic hydroxyl groups excluding tert-OH is 1. The fraction of sp³-hybridized carbons (Fsp3) is 0.444. The molecule has 0 aliphatic heterocycles. The molecule has 118 valence electrons. The lowest BCUT2D eigenvalue weighted by atomic mass is 9.79. The lowest BCUT2D eigenvalue weighted by Crippen LogP contribution is -2.23. The second kappa shape index (κ2) is 6.05. The molecule has 1 aromatic heterocycles. The molecule has 0 saturated carbocycles. The van der Waals surface area contributed by atoms with E-state index in [2.05, 4.69) is 54.3 Å². The van der Waals surface area contributed by atoms with E-state index in [9.17, 15) is 5.11 Å². The number of benzene rings is 1. The smallest absolute Gasteiger partial charge is 0.148 e. The number of aromatic nitrogens is 2. The van der Waals surface area contributed by atoms with Crippen LogP contribution >= 0.6 is 0 Å². The van der Waals surface area contributed by atoms with Crippen molar-refractivity contribution < 1.29 is 5.11 Å². The van der Waals surface area contributed by atoms with Gasteiger partial charge in [-0.05, 0) is 28.7 Å². The van der Waals surface area contributed by atoms with Crippen molar-refractivity contribution in [3.63, 3.8) is 0 Å². The van der Waals surface area contributed by atoms with Crippen LogP contribution in [0.5, 0.6) is 0 Å². The molecule has 22 heavy (non-hydrogen) atoms. The van der Waals surface area contributed by atoms with Crippen LogP contribution in [0.2, 0.25) is 0 Å². The fourth-order valence-electron chi connectivity index (χ4n) is 2.13. The first-order valence-electron chi connectivity index (χ1n) is 7.52. The molecule has 1 aromatic carbocycles. The van der Waals surface area contributed by atoms with Crippen LogP contribution in [-0.2, 0) is 10.8 Å². The summed E-state index contributed by atoms with van der Waals surface area (Å²) in [7, 11) is 0. The predicted octanol–water partition coefficient (Wildman–Crippen LogP) is 3.79. The minimum Gasteiger partial charge on any atom is -0.395 e. The molecule has 4 nitrogen and oxygen atoms in total. The van der Waals surface area contributed by atoms with E-state index in [1.54, 1.807) is 18.6 Å². The maximum Gasteiger partial charge on any atom is 0.148 e. The summed E-state index contributed by atoms with van der Waals surface area (Å²) in [5, 5.41) is 13.0. The van der Waals surface area contributed by atoms with Crippen LogP contribution in [0.1, 0.15) is 45.7 Å². The largest absolute Gasteiger partial charge is 0.395 e. The molecule has 0 saturated heterocycles. The summed E-state index contributed by atoms with van der Waals surface area (Å²) < 4.78 is 0. The Kier molecular flexibility index (Phi) is 4.52. The monoisotopic (exact) mass is 299 g/mol. The number of hydrogen-bond donors (Lipinski definition) is 2. The zero-order valence-electron chi connectivity index (χ0n) is 14.0. The summed E-state index contributed by atoms with van der Waals surface area (Å²) in [5.41, 5.74) is 3.02. The first-order chi connectivity index (χ1) is 10.2. The molecule has 4 heteroatoms. The Hall–Kier alpha value is -1.94. The molecule has 1 heterocycles. The summed E-state index contributed by atoms with van der Waals surface area (Å²) in [6.07, 6.45) is 5.01. The summed E-state index contributed by atoms with van der Waals surface area (Å²) >= 11 is 0. The Morgan fingerprint density at radius 1 is 1.00 bits per heavy atom. The molecule has 0 radical (unpaired) electrons. The highest BCUT2D eigenvalue weighted by molar-refractivity contribution is 5.59. The highest BCUT2D eigenvalue weighted by Gasteiger charge is 2.23. The van der Waals surface area contributed by atoms with Gasteiger partial charge in [0.15, 0.2) is 0 Å². The normalized spacial score (nSPS) is 12.3. The third kappa shape index (κ3) is 3.83. The van der Waals surface area contributed by atoms with Crippen molar-refractivity contribution in [1.29, 1.82) is 0 Å². The van der Waals surface area contributed by atoms with Gasteiger partial charge in [-0.2, -0.15) is 0 Å². The van der Waals surface area contributed by atoms with Gasteiger partial charge in [-0.3, -0.25) is 4.98 Å². The van der Waals surface area contributed by atoms with Gasteiger partial charge in [-0.25, -0.2) is 4.98 Å². The van der Waals surface area contributed by atoms with E-state index < -0.39 is 0 Å². The van der Waals surface area contributed by atoms with E-state index in [-0.39, 0.29) is 17.4 Å². The first-order valence-corrected chi connectivity index (χ1v) is 7.52. The minimum absolute atomic E-state index is 0.0281. The van der Waals surface area contributed by atoms with Crippen molar-refractivity contribution in [3.05, 3.63) is 47.9 Å². The highest BCUT2D eigenvalue weighted by Crippen LogP contribution is 2.32. The summed E-state index contributed by atoms with van der Waals surface area (Å²) in [6, 6.07) is 6.38. The van der Waals surface area contributed by atoms with Gasteiger partial charge in [0.2, 0.25) is 0 Å². The maximum absolute atomic E-state index is 9.68. The summed E-state index contributed by atoms with van der Waals surface area (Å²) in [6.45, 7) is 10.7. The molecule has 0 spiro atoms. The van der Waals surface area contributed by atoms with Gasteiger partial charge in [0.25, 0.3) is 0 Å². The Morgan fingerprint density at radius 2 is 1.68 bits per heavy atom. The summed E-state index contributed by atoms with van der Waals surface area (Å²) in [5.74, 6) is 0.710. The van der Waals surface area contributed by atoms with Gasteiger partial charge < -0.3 is 10.4 Å². The number of hydrogen-bond acceptors (Lipinski definition) is 4. The molecule has 2 N–H and O–H groups in total. The second-order valence-corrected chi connectivity index (χ2v) is 7.31. The van der Waals surface area contributed by atoms with Crippen molar-refractivity contribution in [2.75, 3.05) is 11.9 Å². The standard InChI is InChI=1S/C18H25N3O/c1-17(2,3)13-8-14(18(4,5)12-22)10-15(9-13)21-16-11-19-6-7-20-16/h6-11,22H,12H2,1-5H3,(H,20,21). The Balaban J connectivity index is 2.47. The maximum atomic E-state index is 9.68. The van der Waals surface area contributed by atoms with Crippen molar-refractivity contribution in [2.45, 2.75) is 45.4 Å². The predicted molar refractivity (Wildman–Crippen MR) is 90.6 cm³/mol. The molecular formula is C18H25N3O. The zero-order chi connectivity index (χ0) is 16.4. The third-order valence-electron chi connectivity index (χ3n) is 3.81. The van der Waals surface area contributed by atoms with Crippen molar-refractivity contribution in [3.8, 4) is 0 Å². The lowest BCUT2D eigenvalue weighted by molar-refractivity contribution is 0.218. The minimum atomic E-state index is -0.292. The fourth-order valence-corrected chi connectivity index (χ4v) is 2.13. The van der Waals surface area contributed by atoms with Gasteiger partial charge in [0, 0.05) is 23.5 Å². The van der Waals surface area contributed by atoms with Gasteiger partial charge in [0.05, 0.1) is 12.8 Å². The van der Waals surface area contributed by atoms with Crippen LogP contribution in [-0.4, -0.2) is 21.7 Å². The van der Waals surface area contributed by atoms with E-state index in [4.69, 9.17) is 0 Å². The van der Waals surface area contributed by atoms with Crippen LogP contribution in [0.4, 0.5) is 11.5 Å². The van der Waals surface area contributed by atoms with Crippen LogP contribution in [0.15, 0.2) is 36.8 Å². The van der Waals surface area contributed by atoms with Crippen molar-refractivity contribution in [1.82, 2.24) is 9.97 Å². The van der Waals surface area contributed by atoms with Crippen LogP contribution in [0.3, 0.4) is 0 Å². The molecule has 0 aliphatic rings. The molecule has 0 aliphatic carbocycles. The van der Waals surface area contributed by atoms with Gasteiger partial charge in [-0.1, -0.05) is 40.7 Å². The average Bonchev–Trinajstić information content (AvgIpc) is 2.47. The number of nitrogens with one attached hydrogen (secondary N) is 1. The molecule has 0 fully saturated rings.